The number of ether oxygens (including phenoxy) is 1. The number of nitrogens with two attached hydrogens (primary N) is 1. The molecule has 0 saturated carbocycles. The van der Waals surface area contributed by atoms with Crippen LogP contribution in [0.2, 0.25) is 0 Å². The van der Waals surface area contributed by atoms with Crippen LogP contribution in [-0.4, -0.2) is 10.2 Å². The molecule has 0 spiro atoms. The molecule has 16 heavy (non-hydrogen) atoms. The smallest absolute Gasteiger partial charge is 0.132 e. The molecule has 2 aromatic rings. The predicted octanol–water partition coefficient (Wildman–Crippen LogP) is 1.95. The van der Waals surface area contributed by atoms with Gasteiger partial charge in [-0.1, -0.05) is 0 Å². The highest BCUT2D eigenvalue weighted by molar-refractivity contribution is 5.47. The molecule has 0 atom stereocenters. The van der Waals surface area contributed by atoms with Crippen LogP contribution in [0.5, 0.6) is 5.75 Å². The minimum absolute atomic E-state index is 0.415. The van der Waals surface area contributed by atoms with Crippen molar-refractivity contribution in [1.82, 2.24) is 10.2 Å². The Morgan fingerprint density at radius 3 is 2.88 bits per heavy atom. The first-order valence-corrected chi connectivity index (χ1v) is 5.01. The number of aryl methyl sites for hydroxylation is 1. The molecule has 1 heterocycles. The van der Waals surface area contributed by atoms with E-state index in [0.29, 0.717) is 6.61 Å². The van der Waals surface area contributed by atoms with Crippen molar-refractivity contribution in [2.24, 2.45) is 0 Å². The van der Waals surface area contributed by atoms with E-state index in [4.69, 9.17) is 10.5 Å². The van der Waals surface area contributed by atoms with Crippen molar-refractivity contribution in [2.75, 3.05) is 5.73 Å². The molecule has 0 bridgehead atoms. The third-order valence-corrected chi connectivity index (χ3v) is 2.20. The van der Waals surface area contributed by atoms with Crippen LogP contribution < -0.4 is 10.5 Å². The highest BCUT2D eigenvalue weighted by Gasteiger charge is 2.01. The maximum Gasteiger partial charge on any atom is 0.132 e. The van der Waals surface area contributed by atoms with Gasteiger partial charge in [0.15, 0.2) is 0 Å². The first-order valence-electron chi connectivity index (χ1n) is 5.01. The average molecular weight is 215 g/mol. The third-order valence-electron chi connectivity index (χ3n) is 2.20. The van der Waals surface area contributed by atoms with E-state index in [0.717, 1.165) is 22.7 Å². The Labute approximate surface area is 94.1 Å². The standard InChI is InChI=1S/C12H13N3O/c1-9-7-10(13)4-5-12(9)16-8-11-3-2-6-14-15-11/h2-7H,8,13H2,1H3. The Morgan fingerprint density at radius 2 is 2.19 bits per heavy atom. The van der Waals surface area contributed by atoms with E-state index in [9.17, 15) is 0 Å². The number of benzene rings is 1. The monoisotopic (exact) mass is 215 g/mol. The van der Waals surface area contributed by atoms with Crippen molar-refractivity contribution < 1.29 is 4.74 Å². The van der Waals surface area contributed by atoms with Crippen molar-refractivity contribution in [3.8, 4) is 5.75 Å². The van der Waals surface area contributed by atoms with Crippen molar-refractivity contribution >= 4 is 5.69 Å². The van der Waals surface area contributed by atoms with Gasteiger partial charge in [-0.2, -0.15) is 10.2 Å². The van der Waals surface area contributed by atoms with Crippen LogP contribution in [0.15, 0.2) is 36.5 Å². The molecule has 0 aliphatic rings. The fourth-order valence-electron chi connectivity index (χ4n) is 1.40. The van der Waals surface area contributed by atoms with Crippen molar-refractivity contribution in [3.63, 3.8) is 0 Å². The molecule has 0 amide bonds. The van der Waals surface area contributed by atoms with E-state index < -0.39 is 0 Å². The molecule has 4 heteroatoms. The second-order valence-electron chi connectivity index (χ2n) is 3.53. The van der Waals surface area contributed by atoms with Crippen LogP contribution in [0.4, 0.5) is 5.69 Å². The van der Waals surface area contributed by atoms with Gasteiger partial charge in [-0.15, -0.1) is 0 Å². The highest BCUT2D eigenvalue weighted by atomic mass is 16.5. The average Bonchev–Trinajstić information content (AvgIpc) is 2.29. The molecule has 0 radical (unpaired) electrons. The normalized spacial score (nSPS) is 10.1. The Balaban J connectivity index is 2.05. The summed E-state index contributed by atoms with van der Waals surface area (Å²) in [4.78, 5) is 0. The van der Waals surface area contributed by atoms with Crippen molar-refractivity contribution in [3.05, 3.63) is 47.8 Å². The number of aromatic nitrogens is 2. The lowest BCUT2D eigenvalue weighted by atomic mass is 10.2. The zero-order chi connectivity index (χ0) is 11.4. The van der Waals surface area contributed by atoms with E-state index in [1.165, 1.54) is 0 Å². The lowest BCUT2D eigenvalue weighted by Crippen LogP contribution is -2.00. The molecule has 4 nitrogen and oxygen atoms in total. The molecule has 0 unspecified atom stereocenters. The van der Waals surface area contributed by atoms with Gasteiger partial charge in [0.1, 0.15) is 18.1 Å². The van der Waals surface area contributed by atoms with Crippen molar-refractivity contribution in [2.45, 2.75) is 13.5 Å². The van der Waals surface area contributed by atoms with E-state index in [-0.39, 0.29) is 0 Å². The van der Waals surface area contributed by atoms with Gasteiger partial charge in [0.2, 0.25) is 0 Å². The minimum atomic E-state index is 0.415. The summed E-state index contributed by atoms with van der Waals surface area (Å²) in [5.41, 5.74) is 8.22. The molecule has 2 rings (SSSR count). The molecule has 0 aliphatic carbocycles. The first-order chi connectivity index (χ1) is 7.75. The minimum Gasteiger partial charge on any atom is -0.487 e. The summed E-state index contributed by atoms with van der Waals surface area (Å²) in [6, 6.07) is 9.27. The maximum absolute atomic E-state index is 5.66. The quantitative estimate of drug-likeness (QED) is 0.795. The lowest BCUT2D eigenvalue weighted by Gasteiger charge is -2.08. The number of hydrogen-bond donors (Lipinski definition) is 1. The molecular formula is C12H13N3O. The van der Waals surface area contributed by atoms with Gasteiger partial charge < -0.3 is 10.5 Å². The van der Waals surface area contributed by atoms with Gasteiger partial charge in [0.25, 0.3) is 0 Å². The molecule has 1 aromatic heterocycles. The van der Waals surface area contributed by atoms with Crippen LogP contribution in [0, 0.1) is 6.92 Å². The Kier molecular flexibility index (Phi) is 3.00. The fourth-order valence-corrected chi connectivity index (χ4v) is 1.40. The second-order valence-corrected chi connectivity index (χ2v) is 3.53. The summed E-state index contributed by atoms with van der Waals surface area (Å²) < 4.78 is 5.62. The summed E-state index contributed by atoms with van der Waals surface area (Å²) in [6.45, 7) is 2.38. The van der Waals surface area contributed by atoms with E-state index in [2.05, 4.69) is 10.2 Å². The lowest BCUT2D eigenvalue weighted by molar-refractivity contribution is 0.298. The van der Waals surface area contributed by atoms with Gasteiger partial charge in [0, 0.05) is 11.9 Å². The molecule has 2 N–H and O–H groups in total. The number of rotatable bonds is 3. The van der Waals surface area contributed by atoms with Gasteiger partial charge in [0.05, 0.1) is 0 Å². The predicted molar refractivity (Wildman–Crippen MR) is 62.0 cm³/mol. The first kappa shape index (κ1) is 10.4. The topological polar surface area (TPSA) is 61.0 Å². The number of nitrogen functional groups attached to an aromatic ring is 1. The van der Waals surface area contributed by atoms with Crippen LogP contribution in [-0.2, 0) is 6.61 Å². The van der Waals surface area contributed by atoms with E-state index in [1.54, 1.807) is 6.20 Å². The molecule has 1 aromatic carbocycles. The van der Waals surface area contributed by atoms with Gasteiger partial charge in [-0.25, -0.2) is 0 Å². The molecule has 82 valence electrons. The largest absolute Gasteiger partial charge is 0.487 e. The van der Waals surface area contributed by atoms with Gasteiger partial charge in [-0.3, -0.25) is 0 Å². The van der Waals surface area contributed by atoms with Crippen LogP contribution >= 0.6 is 0 Å². The summed E-state index contributed by atoms with van der Waals surface area (Å²) in [5.74, 6) is 0.819. The molecular weight excluding hydrogens is 202 g/mol. The van der Waals surface area contributed by atoms with Crippen molar-refractivity contribution in [1.29, 1.82) is 0 Å². The fraction of sp³-hybridized carbons (Fsp3) is 0.167. The number of hydrogen-bond acceptors (Lipinski definition) is 4. The molecule has 0 aliphatic heterocycles. The SMILES string of the molecule is Cc1cc(N)ccc1OCc1cccnn1. The van der Waals surface area contributed by atoms with Crippen LogP contribution in [0.1, 0.15) is 11.3 Å². The summed E-state index contributed by atoms with van der Waals surface area (Å²) in [5, 5.41) is 7.72. The zero-order valence-corrected chi connectivity index (χ0v) is 9.05. The Hall–Kier alpha value is -2.10. The Morgan fingerprint density at radius 1 is 1.31 bits per heavy atom. The van der Waals surface area contributed by atoms with Gasteiger partial charge >= 0.3 is 0 Å². The van der Waals surface area contributed by atoms with Crippen LogP contribution in [0.25, 0.3) is 0 Å². The summed E-state index contributed by atoms with van der Waals surface area (Å²) in [7, 11) is 0. The Bertz CT molecular complexity index is 471. The van der Waals surface area contributed by atoms with Gasteiger partial charge in [-0.05, 0) is 42.8 Å². The maximum atomic E-state index is 5.66. The highest BCUT2D eigenvalue weighted by Crippen LogP contribution is 2.20. The molecule has 0 saturated heterocycles. The second kappa shape index (κ2) is 4.61. The van der Waals surface area contributed by atoms with E-state index >= 15 is 0 Å². The molecule has 0 fully saturated rings. The number of anilines is 1. The van der Waals surface area contributed by atoms with Crippen LogP contribution in [0.3, 0.4) is 0 Å². The summed E-state index contributed by atoms with van der Waals surface area (Å²) >= 11 is 0. The number of nitrogens with zero attached hydrogens (tertiary/aromatic N) is 2. The zero-order valence-electron chi connectivity index (χ0n) is 9.05. The van der Waals surface area contributed by atoms with E-state index in [1.807, 2.05) is 37.3 Å². The third kappa shape index (κ3) is 2.48. The summed E-state index contributed by atoms with van der Waals surface area (Å²) in [6.07, 6.45) is 1.64.